The number of halogens is 1. The van der Waals surface area contributed by atoms with Gasteiger partial charge in [-0.05, 0) is 36.8 Å². The summed E-state index contributed by atoms with van der Waals surface area (Å²) in [7, 11) is -3.64. The summed E-state index contributed by atoms with van der Waals surface area (Å²) in [5, 5.41) is 3.41. The molecule has 2 aliphatic rings. The van der Waals surface area contributed by atoms with E-state index in [9.17, 15) is 12.8 Å². The normalized spacial score (nSPS) is 18.9. The van der Waals surface area contributed by atoms with Gasteiger partial charge < -0.3 is 14.8 Å². The molecule has 1 aromatic carbocycles. The van der Waals surface area contributed by atoms with Crippen molar-refractivity contribution in [3.8, 4) is 0 Å². The molecule has 1 atom stereocenters. The van der Waals surface area contributed by atoms with E-state index < -0.39 is 10.0 Å². The number of imidazole rings is 1. The summed E-state index contributed by atoms with van der Waals surface area (Å²) in [5.41, 5.74) is 2.99. The Morgan fingerprint density at radius 1 is 0.972 bits per heavy atom. The van der Waals surface area contributed by atoms with Crippen molar-refractivity contribution < 1.29 is 12.8 Å². The van der Waals surface area contributed by atoms with Crippen molar-refractivity contribution in [2.45, 2.75) is 24.5 Å². The number of nitrogens with one attached hydrogen (secondary N) is 1. The summed E-state index contributed by atoms with van der Waals surface area (Å²) in [4.78, 5) is 13.1. The molecule has 9 nitrogen and oxygen atoms in total. The summed E-state index contributed by atoms with van der Waals surface area (Å²) >= 11 is 0. The van der Waals surface area contributed by atoms with Crippen LogP contribution in [0.5, 0.6) is 0 Å². The monoisotopic (exact) mass is 513 g/mol. The lowest BCUT2D eigenvalue weighted by Crippen LogP contribution is -2.48. The van der Waals surface area contributed by atoms with Crippen molar-refractivity contribution in [2.24, 2.45) is 0 Å². The van der Waals surface area contributed by atoms with Crippen molar-refractivity contribution in [3.63, 3.8) is 0 Å². The minimum absolute atomic E-state index is 0.0139. The number of aromatic nitrogens is 3. The summed E-state index contributed by atoms with van der Waals surface area (Å²) in [6, 6.07) is 10.0. The summed E-state index contributed by atoms with van der Waals surface area (Å²) < 4.78 is 43.3. The third-order valence-corrected chi connectivity index (χ3v) is 8.85. The van der Waals surface area contributed by atoms with E-state index in [1.807, 2.05) is 12.3 Å². The van der Waals surface area contributed by atoms with E-state index in [0.29, 0.717) is 32.7 Å². The molecule has 5 rings (SSSR count). The van der Waals surface area contributed by atoms with Gasteiger partial charge in [0.25, 0.3) is 10.0 Å². The van der Waals surface area contributed by atoms with Gasteiger partial charge in [0.1, 0.15) is 5.82 Å². The maximum atomic E-state index is 13.3. The first-order valence-electron chi connectivity index (χ1n) is 12.3. The number of hydrogen-bond donors (Lipinski definition) is 1. The molecule has 0 radical (unpaired) electrons. The zero-order chi connectivity index (χ0) is 25.1. The molecule has 0 amide bonds. The van der Waals surface area contributed by atoms with Gasteiger partial charge in [-0.2, -0.15) is 4.31 Å². The maximum absolute atomic E-state index is 13.3. The van der Waals surface area contributed by atoms with Crippen LogP contribution in [0.15, 0.2) is 60.1 Å². The Kier molecular flexibility index (Phi) is 7.33. The Bertz CT molecular complexity index is 1250. The van der Waals surface area contributed by atoms with Crippen LogP contribution >= 0.6 is 0 Å². The molecular weight excluding hydrogens is 481 g/mol. The maximum Gasteiger partial charge on any atom is 0.260 e. The van der Waals surface area contributed by atoms with Crippen molar-refractivity contribution in [2.75, 3.05) is 57.3 Å². The number of anilines is 1. The Morgan fingerprint density at radius 2 is 1.69 bits per heavy atom. The fourth-order valence-corrected chi connectivity index (χ4v) is 6.16. The third kappa shape index (κ3) is 5.29. The molecule has 2 fully saturated rings. The van der Waals surface area contributed by atoms with E-state index in [0.717, 1.165) is 43.1 Å². The molecule has 2 saturated heterocycles. The quantitative estimate of drug-likeness (QED) is 0.517. The van der Waals surface area contributed by atoms with Gasteiger partial charge in [0.15, 0.2) is 5.03 Å². The standard InChI is InChI=1S/C25H32FN7O2S/c1-20(21-2-4-22(26)5-3-21)33-19-28-16-24(33)18-30-12-14-32(15-13-30)36(34,35)25-7-6-23(17-29-25)31-10-8-27-9-11-31/h2-7,16-17,19-20,27H,8-15,18H2,1H3/t20-/m1/s1. The predicted molar refractivity (Wildman–Crippen MR) is 136 cm³/mol. The van der Waals surface area contributed by atoms with Crippen LogP contribution in [0.1, 0.15) is 24.2 Å². The highest BCUT2D eigenvalue weighted by molar-refractivity contribution is 7.89. The highest BCUT2D eigenvalue weighted by atomic mass is 32.2. The molecule has 1 N–H and O–H groups in total. The Morgan fingerprint density at radius 3 is 2.36 bits per heavy atom. The summed E-state index contributed by atoms with van der Waals surface area (Å²) in [6.45, 7) is 8.38. The molecule has 3 aromatic rings. The van der Waals surface area contributed by atoms with Gasteiger partial charge in [0.05, 0.1) is 29.9 Å². The van der Waals surface area contributed by atoms with Crippen LogP contribution in [-0.4, -0.2) is 84.5 Å². The van der Waals surface area contributed by atoms with Crippen LogP contribution in [0.25, 0.3) is 0 Å². The number of pyridine rings is 1. The second-order valence-electron chi connectivity index (χ2n) is 9.29. The van der Waals surface area contributed by atoms with Gasteiger partial charge in [-0.25, -0.2) is 22.8 Å². The van der Waals surface area contributed by atoms with E-state index in [4.69, 9.17) is 0 Å². The highest BCUT2D eigenvalue weighted by Crippen LogP contribution is 2.23. The lowest BCUT2D eigenvalue weighted by Gasteiger charge is -2.34. The molecule has 2 aromatic heterocycles. The van der Waals surface area contributed by atoms with Gasteiger partial charge >= 0.3 is 0 Å². The van der Waals surface area contributed by atoms with Gasteiger partial charge in [-0.1, -0.05) is 12.1 Å². The largest absolute Gasteiger partial charge is 0.368 e. The third-order valence-electron chi connectivity index (χ3n) is 7.04. The highest BCUT2D eigenvalue weighted by Gasteiger charge is 2.30. The van der Waals surface area contributed by atoms with Gasteiger partial charge in [0, 0.05) is 65.1 Å². The summed E-state index contributed by atoms with van der Waals surface area (Å²) in [5.74, 6) is -0.254. The van der Waals surface area contributed by atoms with Crippen LogP contribution in [0.4, 0.5) is 10.1 Å². The second-order valence-corrected chi connectivity index (χ2v) is 11.2. The molecule has 36 heavy (non-hydrogen) atoms. The van der Waals surface area contributed by atoms with E-state index in [1.165, 1.54) is 16.4 Å². The predicted octanol–water partition coefficient (Wildman–Crippen LogP) is 1.94. The van der Waals surface area contributed by atoms with Crippen molar-refractivity contribution in [3.05, 3.63) is 72.2 Å². The number of hydrogen-bond acceptors (Lipinski definition) is 7. The van der Waals surface area contributed by atoms with Gasteiger partial charge in [0.2, 0.25) is 0 Å². The first kappa shape index (κ1) is 24.8. The Hall–Kier alpha value is -2.86. The molecule has 192 valence electrons. The molecule has 0 saturated carbocycles. The second kappa shape index (κ2) is 10.6. The van der Waals surface area contributed by atoms with Gasteiger partial charge in [-0.3, -0.25) is 4.90 Å². The zero-order valence-electron chi connectivity index (χ0n) is 20.4. The smallest absolute Gasteiger partial charge is 0.260 e. The lowest BCUT2D eigenvalue weighted by molar-refractivity contribution is 0.177. The van der Waals surface area contributed by atoms with Crippen LogP contribution in [-0.2, 0) is 16.6 Å². The molecule has 0 unspecified atom stereocenters. The van der Waals surface area contributed by atoms with Crippen LogP contribution < -0.4 is 10.2 Å². The van der Waals surface area contributed by atoms with Crippen molar-refractivity contribution >= 4 is 15.7 Å². The van der Waals surface area contributed by atoms with Crippen LogP contribution in [0, 0.1) is 5.82 Å². The van der Waals surface area contributed by atoms with Crippen molar-refractivity contribution in [1.82, 2.24) is 29.1 Å². The molecular formula is C25H32FN7O2S. The lowest BCUT2D eigenvalue weighted by atomic mass is 10.1. The van der Waals surface area contributed by atoms with Crippen molar-refractivity contribution in [1.29, 1.82) is 0 Å². The number of piperazine rings is 2. The van der Waals surface area contributed by atoms with E-state index in [1.54, 1.807) is 30.7 Å². The minimum atomic E-state index is -3.64. The molecule has 0 aliphatic carbocycles. The first-order chi connectivity index (χ1) is 17.4. The SMILES string of the molecule is C[C@H](c1ccc(F)cc1)n1cncc1CN1CCN(S(=O)(=O)c2ccc(N3CCNCC3)cn2)CC1. The van der Waals surface area contributed by atoms with Gasteiger partial charge in [-0.15, -0.1) is 0 Å². The number of sulfonamides is 1. The fourth-order valence-electron chi connectivity index (χ4n) is 4.83. The van der Waals surface area contributed by atoms with Crippen LogP contribution in [0.2, 0.25) is 0 Å². The topological polar surface area (TPSA) is 86.6 Å². The molecule has 2 aliphatic heterocycles. The fraction of sp³-hybridized carbons (Fsp3) is 0.440. The first-order valence-corrected chi connectivity index (χ1v) is 13.8. The molecule has 4 heterocycles. The number of benzene rings is 1. The minimum Gasteiger partial charge on any atom is -0.368 e. The molecule has 11 heteroatoms. The summed E-state index contributed by atoms with van der Waals surface area (Å²) in [6.07, 6.45) is 5.30. The van der Waals surface area contributed by atoms with Crippen LogP contribution in [0.3, 0.4) is 0 Å². The van der Waals surface area contributed by atoms with E-state index in [2.05, 4.69) is 36.6 Å². The molecule has 0 spiro atoms. The number of nitrogens with zero attached hydrogens (tertiary/aromatic N) is 6. The Balaban J connectivity index is 1.19. The zero-order valence-corrected chi connectivity index (χ0v) is 21.2. The van der Waals surface area contributed by atoms with E-state index >= 15 is 0 Å². The number of rotatable bonds is 7. The molecule has 0 bridgehead atoms. The van der Waals surface area contributed by atoms with E-state index in [-0.39, 0.29) is 16.9 Å². The Labute approximate surface area is 211 Å². The average molecular weight is 514 g/mol. The average Bonchev–Trinajstić information content (AvgIpc) is 3.37.